The van der Waals surface area contributed by atoms with Crippen LogP contribution in [-0.2, 0) is 27.8 Å². The van der Waals surface area contributed by atoms with Gasteiger partial charge >= 0.3 is 0 Å². The Morgan fingerprint density at radius 1 is 1.09 bits per heavy atom. The van der Waals surface area contributed by atoms with Gasteiger partial charge in [0.1, 0.15) is 0 Å². The van der Waals surface area contributed by atoms with Gasteiger partial charge in [0, 0.05) is 31.7 Å². The quantitative estimate of drug-likeness (QED) is 0.656. The Balaban J connectivity index is 1.26. The largest absolute Gasteiger partial charge is 0.490 e. The molecule has 1 atom stereocenters. The van der Waals surface area contributed by atoms with E-state index in [9.17, 15) is 13.2 Å². The van der Waals surface area contributed by atoms with Gasteiger partial charge in [-0.3, -0.25) is 4.79 Å². The monoisotopic (exact) mass is 499 g/mol. The number of likely N-dealkylation sites (tertiary alicyclic amines) is 1. The molecule has 3 aliphatic rings. The smallest absolute Gasteiger partial charge is 0.242 e. The summed E-state index contributed by atoms with van der Waals surface area (Å²) in [4.78, 5) is 15.2. The fourth-order valence-electron chi connectivity index (χ4n) is 5.24. The second-order valence-electron chi connectivity index (χ2n) is 9.28. The molecular weight excluding hydrogens is 466 g/mol. The lowest BCUT2D eigenvalue weighted by atomic mass is 9.99. The number of hydrogen-bond donors (Lipinski definition) is 1. The molecule has 1 saturated heterocycles. The van der Waals surface area contributed by atoms with Crippen molar-refractivity contribution in [3.63, 3.8) is 0 Å². The molecule has 188 valence electrons. The average Bonchev–Trinajstić information content (AvgIpc) is 3.25. The fourth-order valence-corrected chi connectivity index (χ4v) is 6.31. The first-order valence-corrected chi connectivity index (χ1v) is 14.1. The van der Waals surface area contributed by atoms with Crippen molar-refractivity contribution in [3.05, 3.63) is 53.1 Å². The minimum atomic E-state index is -3.22. The molecule has 8 nitrogen and oxygen atoms in total. The minimum absolute atomic E-state index is 0.0268. The third kappa shape index (κ3) is 4.97. The van der Waals surface area contributed by atoms with Gasteiger partial charge in [-0.25, -0.2) is 8.42 Å². The van der Waals surface area contributed by atoms with Crippen LogP contribution in [0.25, 0.3) is 0 Å². The fraction of sp³-hybridized carbons (Fsp3) is 0.500. The number of amides is 1. The van der Waals surface area contributed by atoms with Crippen molar-refractivity contribution in [3.8, 4) is 11.5 Å². The van der Waals surface area contributed by atoms with E-state index in [2.05, 4.69) is 5.32 Å². The van der Waals surface area contributed by atoms with E-state index < -0.39 is 10.0 Å². The van der Waals surface area contributed by atoms with Crippen molar-refractivity contribution in [2.24, 2.45) is 0 Å². The molecule has 2 aromatic rings. The van der Waals surface area contributed by atoms with Gasteiger partial charge in [-0.2, -0.15) is 4.31 Å². The Hall–Kier alpha value is -2.78. The molecule has 1 unspecified atom stereocenters. The lowest BCUT2D eigenvalue weighted by Crippen LogP contribution is -2.37. The zero-order chi connectivity index (χ0) is 24.4. The van der Waals surface area contributed by atoms with E-state index in [-0.39, 0.29) is 24.2 Å². The van der Waals surface area contributed by atoms with Gasteiger partial charge < -0.3 is 19.7 Å². The molecule has 0 aromatic heterocycles. The van der Waals surface area contributed by atoms with E-state index in [1.165, 1.54) is 0 Å². The first-order valence-electron chi connectivity index (χ1n) is 12.5. The Morgan fingerprint density at radius 3 is 2.74 bits per heavy atom. The summed E-state index contributed by atoms with van der Waals surface area (Å²) in [5.74, 6) is 1.69. The summed E-state index contributed by atoms with van der Waals surface area (Å²) in [6, 6.07) is 11.9. The number of nitrogens with one attached hydrogen (secondary N) is 1. The second-order valence-corrected chi connectivity index (χ2v) is 11.5. The predicted molar refractivity (Wildman–Crippen MR) is 134 cm³/mol. The summed E-state index contributed by atoms with van der Waals surface area (Å²) in [5, 5.41) is 3.34. The highest BCUT2D eigenvalue weighted by atomic mass is 32.2. The number of anilines is 1. The first-order chi connectivity index (χ1) is 17.0. The van der Waals surface area contributed by atoms with Gasteiger partial charge in [0.25, 0.3) is 0 Å². The zero-order valence-corrected chi connectivity index (χ0v) is 21.0. The van der Waals surface area contributed by atoms with Crippen molar-refractivity contribution < 1.29 is 22.7 Å². The van der Waals surface area contributed by atoms with Gasteiger partial charge in [0.2, 0.25) is 15.9 Å². The molecule has 3 aliphatic heterocycles. The maximum Gasteiger partial charge on any atom is 0.242 e. The van der Waals surface area contributed by atoms with Crippen LogP contribution >= 0.6 is 0 Å². The van der Waals surface area contributed by atoms with Crippen LogP contribution in [0.2, 0.25) is 0 Å². The molecular formula is C26H33N3O5S. The average molecular weight is 500 g/mol. The van der Waals surface area contributed by atoms with E-state index in [0.29, 0.717) is 32.7 Å². The molecule has 1 N–H and O–H groups in total. The third-order valence-electron chi connectivity index (χ3n) is 7.15. The summed E-state index contributed by atoms with van der Waals surface area (Å²) >= 11 is 0. The van der Waals surface area contributed by atoms with Crippen LogP contribution in [0.15, 0.2) is 36.4 Å². The summed E-state index contributed by atoms with van der Waals surface area (Å²) in [7, 11) is -3.22. The van der Waals surface area contributed by atoms with Crippen LogP contribution in [-0.4, -0.2) is 62.1 Å². The SMILES string of the molecule is CCS(=O)(=O)N1CCc2c(cccc2NCC(=O)N2CCCC2c2ccc3c(c2)OCCCO3)C1. The number of carbonyl (C=O) groups excluding carboxylic acids is 1. The Bertz CT molecular complexity index is 1200. The summed E-state index contributed by atoms with van der Waals surface area (Å²) in [6.07, 6.45) is 3.38. The number of sulfonamides is 1. The standard InChI is InChI=1S/C26H33N3O5S/c1-2-35(31,32)28-13-11-21-20(18-28)6-3-7-22(21)27-17-26(30)29-12-4-8-23(29)19-9-10-24-25(16-19)34-15-5-14-33-24/h3,6-7,9-10,16,23,27H,2,4-5,8,11-15,17-18H2,1H3. The first kappa shape index (κ1) is 23.9. The van der Waals surface area contributed by atoms with Crippen molar-refractivity contribution in [1.29, 1.82) is 0 Å². The van der Waals surface area contributed by atoms with Gasteiger partial charge in [0.05, 0.1) is 31.6 Å². The van der Waals surface area contributed by atoms with E-state index in [0.717, 1.165) is 59.7 Å². The van der Waals surface area contributed by atoms with Crippen molar-refractivity contribution in [2.45, 2.75) is 45.2 Å². The van der Waals surface area contributed by atoms with Crippen LogP contribution in [0.3, 0.4) is 0 Å². The third-order valence-corrected chi connectivity index (χ3v) is 8.98. The molecule has 2 aromatic carbocycles. The molecule has 0 radical (unpaired) electrons. The molecule has 5 rings (SSSR count). The Kier molecular flexibility index (Phi) is 6.88. The number of benzene rings is 2. The van der Waals surface area contributed by atoms with Crippen LogP contribution in [0, 0.1) is 0 Å². The zero-order valence-electron chi connectivity index (χ0n) is 20.2. The molecule has 0 saturated carbocycles. The van der Waals surface area contributed by atoms with Crippen LogP contribution < -0.4 is 14.8 Å². The maximum atomic E-state index is 13.3. The lowest BCUT2D eigenvalue weighted by molar-refractivity contribution is -0.130. The second kappa shape index (κ2) is 10.1. The summed E-state index contributed by atoms with van der Waals surface area (Å²) in [5.41, 5.74) is 4.09. The lowest BCUT2D eigenvalue weighted by Gasteiger charge is -2.30. The van der Waals surface area contributed by atoms with Crippen LogP contribution in [0.5, 0.6) is 11.5 Å². The highest BCUT2D eigenvalue weighted by Gasteiger charge is 2.31. The van der Waals surface area contributed by atoms with Gasteiger partial charge in [-0.1, -0.05) is 18.2 Å². The minimum Gasteiger partial charge on any atom is -0.490 e. The molecule has 35 heavy (non-hydrogen) atoms. The topological polar surface area (TPSA) is 88.2 Å². The highest BCUT2D eigenvalue weighted by Crippen LogP contribution is 2.38. The molecule has 1 fully saturated rings. The van der Waals surface area contributed by atoms with E-state index in [1.807, 2.05) is 41.3 Å². The molecule has 0 bridgehead atoms. The number of hydrogen-bond acceptors (Lipinski definition) is 6. The normalized spacial score (nSPS) is 20.3. The van der Waals surface area contributed by atoms with Gasteiger partial charge in [-0.05, 0) is 61.1 Å². The molecule has 1 amide bonds. The summed E-state index contributed by atoms with van der Waals surface area (Å²) in [6.45, 7) is 4.75. The van der Waals surface area contributed by atoms with Crippen LogP contribution in [0.4, 0.5) is 5.69 Å². The van der Waals surface area contributed by atoms with E-state index in [1.54, 1.807) is 11.2 Å². The van der Waals surface area contributed by atoms with Crippen LogP contribution in [0.1, 0.15) is 48.9 Å². The Labute approximate surface area is 207 Å². The highest BCUT2D eigenvalue weighted by molar-refractivity contribution is 7.89. The Morgan fingerprint density at radius 2 is 1.91 bits per heavy atom. The number of rotatable bonds is 6. The van der Waals surface area contributed by atoms with Gasteiger partial charge in [0.15, 0.2) is 11.5 Å². The number of ether oxygens (including phenoxy) is 2. The van der Waals surface area contributed by atoms with E-state index in [4.69, 9.17) is 9.47 Å². The van der Waals surface area contributed by atoms with Crippen molar-refractivity contribution in [1.82, 2.24) is 9.21 Å². The van der Waals surface area contributed by atoms with Crippen molar-refractivity contribution >= 4 is 21.6 Å². The van der Waals surface area contributed by atoms with E-state index >= 15 is 0 Å². The molecule has 0 aliphatic carbocycles. The van der Waals surface area contributed by atoms with Gasteiger partial charge in [-0.15, -0.1) is 0 Å². The molecule has 3 heterocycles. The number of fused-ring (bicyclic) bond motifs is 2. The molecule has 0 spiro atoms. The maximum absolute atomic E-state index is 13.3. The number of carbonyl (C=O) groups is 1. The van der Waals surface area contributed by atoms with Crippen molar-refractivity contribution in [2.75, 3.05) is 43.9 Å². The molecule has 9 heteroatoms. The predicted octanol–water partition coefficient (Wildman–Crippen LogP) is 3.33. The number of nitrogens with zero attached hydrogens (tertiary/aromatic N) is 2. The summed E-state index contributed by atoms with van der Waals surface area (Å²) < 4.78 is 37.8.